The van der Waals surface area contributed by atoms with Gasteiger partial charge in [0.15, 0.2) is 0 Å². The fourth-order valence-corrected chi connectivity index (χ4v) is 2.46. The maximum Gasteiger partial charge on any atom is 0.224 e. The highest BCUT2D eigenvalue weighted by atomic mass is 35.5. The van der Waals surface area contributed by atoms with Crippen LogP contribution in [0.5, 0.6) is 0 Å². The molecule has 0 aliphatic rings. The summed E-state index contributed by atoms with van der Waals surface area (Å²) in [5.41, 5.74) is 7.07. The third-order valence-electron chi connectivity index (χ3n) is 3.08. The number of nitrogens with two attached hydrogens (primary N) is 1. The van der Waals surface area contributed by atoms with Crippen LogP contribution in [0.1, 0.15) is 24.9 Å². The van der Waals surface area contributed by atoms with Gasteiger partial charge in [0.25, 0.3) is 0 Å². The van der Waals surface area contributed by atoms with Crippen LogP contribution in [-0.2, 0) is 4.79 Å². The van der Waals surface area contributed by atoms with Crippen LogP contribution in [0.2, 0.25) is 0 Å². The lowest BCUT2D eigenvalue weighted by Crippen LogP contribution is -2.38. The molecule has 0 saturated heterocycles. The fraction of sp³-hybridized carbons (Fsp3) is 0.500. The van der Waals surface area contributed by atoms with Crippen LogP contribution in [0.15, 0.2) is 30.3 Å². The van der Waals surface area contributed by atoms with Gasteiger partial charge in [-0.25, -0.2) is 0 Å². The second-order valence-corrected chi connectivity index (χ2v) is 5.44. The number of nitrogens with zero attached hydrogens (tertiary/aromatic N) is 1. The molecule has 0 aliphatic carbocycles. The molecule has 0 aromatic heterocycles. The molecular formula is C14H23ClN2OS. The van der Waals surface area contributed by atoms with Gasteiger partial charge < -0.3 is 10.6 Å². The van der Waals surface area contributed by atoms with Crippen molar-refractivity contribution in [3.05, 3.63) is 35.9 Å². The predicted molar refractivity (Wildman–Crippen MR) is 85.8 cm³/mol. The zero-order chi connectivity index (χ0) is 13.5. The highest BCUT2D eigenvalue weighted by molar-refractivity contribution is 7.98. The minimum absolute atomic E-state index is 0. The number of halogens is 1. The molecule has 0 spiro atoms. The van der Waals surface area contributed by atoms with Crippen molar-refractivity contribution in [2.24, 2.45) is 5.73 Å². The van der Waals surface area contributed by atoms with Gasteiger partial charge in [-0.3, -0.25) is 4.79 Å². The monoisotopic (exact) mass is 302 g/mol. The Morgan fingerprint density at radius 1 is 1.37 bits per heavy atom. The maximum absolute atomic E-state index is 12.1. The van der Waals surface area contributed by atoms with Gasteiger partial charge in [-0.05, 0) is 18.7 Å². The molecule has 1 amide bonds. The summed E-state index contributed by atoms with van der Waals surface area (Å²) < 4.78 is 0. The van der Waals surface area contributed by atoms with Crippen LogP contribution in [0.25, 0.3) is 0 Å². The number of thioether (sulfide) groups is 1. The lowest BCUT2D eigenvalue weighted by atomic mass is 10.0. The summed E-state index contributed by atoms with van der Waals surface area (Å²) in [7, 11) is 1.85. The van der Waals surface area contributed by atoms with E-state index in [4.69, 9.17) is 5.73 Å². The quantitative estimate of drug-likeness (QED) is 0.879. The average Bonchev–Trinajstić information content (AvgIpc) is 2.39. The Hall–Kier alpha value is -0.710. The highest BCUT2D eigenvalue weighted by Gasteiger charge is 2.18. The van der Waals surface area contributed by atoms with E-state index in [0.29, 0.717) is 6.42 Å². The summed E-state index contributed by atoms with van der Waals surface area (Å²) in [5.74, 6) is 1.05. The molecule has 2 atom stereocenters. The van der Waals surface area contributed by atoms with Crippen LogP contribution >= 0.6 is 24.2 Å². The number of carbonyl (C=O) groups excluding carboxylic acids is 1. The molecule has 0 radical (unpaired) electrons. The van der Waals surface area contributed by atoms with E-state index in [1.165, 1.54) is 0 Å². The molecule has 1 rings (SSSR count). The first kappa shape index (κ1) is 18.3. The van der Waals surface area contributed by atoms with E-state index in [1.807, 2.05) is 43.6 Å². The van der Waals surface area contributed by atoms with E-state index in [9.17, 15) is 4.79 Å². The second-order valence-electron chi connectivity index (χ2n) is 4.53. The number of benzene rings is 1. The minimum Gasteiger partial charge on any atom is -0.342 e. The van der Waals surface area contributed by atoms with Crippen molar-refractivity contribution in [1.29, 1.82) is 0 Å². The SMILES string of the molecule is CSCC(C)N(C)C(=O)CC(N)c1ccccc1.Cl. The van der Waals surface area contributed by atoms with Crippen LogP contribution in [-0.4, -0.2) is 35.9 Å². The van der Waals surface area contributed by atoms with Crippen LogP contribution in [0.4, 0.5) is 0 Å². The minimum atomic E-state index is -0.220. The zero-order valence-electron chi connectivity index (χ0n) is 11.7. The zero-order valence-corrected chi connectivity index (χ0v) is 13.3. The van der Waals surface area contributed by atoms with Gasteiger partial charge >= 0.3 is 0 Å². The summed E-state index contributed by atoms with van der Waals surface area (Å²) in [4.78, 5) is 13.9. The average molecular weight is 303 g/mol. The van der Waals surface area contributed by atoms with Crippen LogP contribution in [0.3, 0.4) is 0 Å². The topological polar surface area (TPSA) is 46.3 Å². The molecule has 2 unspecified atom stereocenters. The Morgan fingerprint density at radius 3 is 2.47 bits per heavy atom. The predicted octanol–water partition coefficient (Wildman–Crippen LogP) is 2.71. The first-order valence-corrected chi connectivity index (χ1v) is 7.50. The van der Waals surface area contributed by atoms with E-state index < -0.39 is 0 Å². The number of rotatable bonds is 6. The summed E-state index contributed by atoms with van der Waals surface area (Å²) in [5, 5.41) is 0. The van der Waals surface area contributed by atoms with Gasteiger partial charge in [0.2, 0.25) is 5.91 Å². The molecule has 2 N–H and O–H groups in total. The van der Waals surface area contributed by atoms with E-state index in [0.717, 1.165) is 11.3 Å². The van der Waals surface area contributed by atoms with Gasteiger partial charge in [-0.15, -0.1) is 12.4 Å². The van der Waals surface area contributed by atoms with Crippen molar-refractivity contribution >= 4 is 30.1 Å². The molecule has 19 heavy (non-hydrogen) atoms. The molecule has 0 heterocycles. The Morgan fingerprint density at radius 2 is 1.95 bits per heavy atom. The van der Waals surface area contributed by atoms with E-state index in [-0.39, 0.29) is 30.4 Å². The third-order valence-corrected chi connectivity index (χ3v) is 3.90. The number of hydrogen-bond acceptors (Lipinski definition) is 3. The summed E-state index contributed by atoms with van der Waals surface area (Å²) in [6, 6.07) is 9.79. The van der Waals surface area contributed by atoms with E-state index in [2.05, 4.69) is 6.92 Å². The Labute approximate surface area is 126 Å². The van der Waals surface area contributed by atoms with Crippen molar-refractivity contribution < 1.29 is 4.79 Å². The molecule has 1 aromatic rings. The Balaban J connectivity index is 0.00000324. The second kappa shape index (κ2) is 9.23. The summed E-state index contributed by atoms with van der Waals surface area (Å²) in [6.07, 6.45) is 2.41. The van der Waals surface area contributed by atoms with Gasteiger partial charge in [0, 0.05) is 31.3 Å². The lowest BCUT2D eigenvalue weighted by molar-refractivity contribution is -0.131. The number of amides is 1. The Kier molecular flexibility index (Phi) is 8.89. The smallest absolute Gasteiger partial charge is 0.224 e. The summed E-state index contributed by atoms with van der Waals surface area (Å²) >= 11 is 1.75. The molecule has 0 fully saturated rings. The van der Waals surface area contributed by atoms with Gasteiger partial charge in [-0.2, -0.15) is 11.8 Å². The molecule has 1 aromatic carbocycles. The van der Waals surface area contributed by atoms with Gasteiger partial charge in [0.1, 0.15) is 0 Å². The van der Waals surface area contributed by atoms with E-state index >= 15 is 0 Å². The van der Waals surface area contributed by atoms with Crippen LogP contribution in [0, 0.1) is 0 Å². The normalized spacial score (nSPS) is 13.3. The van der Waals surface area contributed by atoms with Crippen LogP contribution < -0.4 is 5.73 Å². The highest BCUT2D eigenvalue weighted by Crippen LogP contribution is 2.15. The first-order chi connectivity index (χ1) is 8.56. The van der Waals surface area contributed by atoms with Crippen molar-refractivity contribution in [2.75, 3.05) is 19.1 Å². The van der Waals surface area contributed by atoms with Crippen molar-refractivity contribution in [3.8, 4) is 0 Å². The fourth-order valence-electron chi connectivity index (χ4n) is 1.75. The molecule has 108 valence electrons. The van der Waals surface area contributed by atoms with E-state index in [1.54, 1.807) is 16.7 Å². The Bertz CT molecular complexity index is 375. The van der Waals surface area contributed by atoms with Crippen molar-refractivity contribution in [1.82, 2.24) is 4.90 Å². The molecule has 0 bridgehead atoms. The number of hydrogen-bond donors (Lipinski definition) is 1. The largest absolute Gasteiger partial charge is 0.342 e. The van der Waals surface area contributed by atoms with Gasteiger partial charge in [0.05, 0.1) is 0 Å². The lowest BCUT2D eigenvalue weighted by Gasteiger charge is -2.25. The van der Waals surface area contributed by atoms with Gasteiger partial charge in [-0.1, -0.05) is 30.3 Å². The molecule has 5 heteroatoms. The third kappa shape index (κ3) is 5.85. The number of carbonyl (C=O) groups is 1. The molecule has 0 saturated carbocycles. The molecular weight excluding hydrogens is 280 g/mol. The maximum atomic E-state index is 12.1. The molecule has 0 aliphatic heterocycles. The van der Waals surface area contributed by atoms with Crippen molar-refractivity contribution in [3.63, 3.8) is 0 Å². The van der Waals surface area contributed by atoms with Crippen molar-refractivity contribution in [2.45, 2.75) is 25.4 Å². The molecule has 3 nitrogen and oxygen atoms in total. The summed E-state index contributed by atoms with van der Waals surface area (Å²) in [6.45, 7) is 2.06. The first-order valence-electron chi connectivity index (χ1n) is 6.11. The standard InChI is InChI=1S/C14H22N2OS.ClH/c1-11(10-18-3)16(2)14(17)9-13(15)12-7-5-4-6-8-12;/h4-8,11,13H,9-10,15H2,1-3H3;1H.